The van der Waals surface area contributed by atoms with E-state index >= 15 is 0 Å². The van der Waals surface area contributed by atoms with E-state index in [9.17, 15) is 34.2 Å². The molecule has 13 heteroatoms. The summed E-state index contributed by atoms with van der Waals surface area (Å²) in [6.07, 6.45) is -0.513. The second kappa shape index (κ2) is 11.4. The van der Waals surface area contributed by atoms with Gasteiger partial charge in [0.1, 0.15) is 18.1 Å². The number of hydrogen-bond acceptors (Lipinski definition) is 8. The lowest BCUT2D eigenvalue weighted by atomic mass is 10.1. The second-order valence-corrected chi connectivity index (χ2v) is 7.06. The molecule has 1 aliphatic heterocycles. The highest BCUT2D eigenvalue weighted by molar-refractivity contribution is 5.94. The van der Waals surface area contributed by atoms with Gasteiger partial charge in [0.15, 0.2) is 0 Å². The normalized spacial score (nSPS) is 19.9. The Hall–Kier alpha value is -2.77. The maximum Gasteiger partial charge on any atom is 0.326 e. The average molecular weight is 431 g/mol. The van der Waals surface area contributed by atoms with Crippen LogP contribution in [-0.4, -0.2) is 99.8 Å². The molecule has 13 nitrogen and oxygen atoms in total. The van der Waals surface area contributed by atoms with Crippen LogP contribution in [0.4, 0.5) is 0 Å². The van der Waals surface area contributed by atoms with Crippen LogP contribution < -0.4 is 21.7 Å². The predicted molar refractivity (Wildman–Crippen MR) is 102 cm³/mol. The molecule has 1 rings (SSSR count). The molecule has 30 heavy (non-hydrogen) atoms. The van der Waals surface area contributed by atoms with E-state index in [4.69, 9.17) is 10.8 Å². The highest BCUT2D eigenvalue weighted by Crippen LogP contribution is 2.18. The molecule has 0 bridgehead atoms. The third-order valence-electron chi connectivity index (χ3n) is 4.54. The fraction of sp³-hybridized carbons (Fsp3) is 0.706. The minimum Gasteiger partial charge on any atom is -0.480 e. The molecule has 0 aromatic carbocycles. The van der Waals surface area contributed by atoms with E-state index < -0.39 is 73.0 Å². The van der Waals surface area contributed by atoms with Gasteiger partial charge in [-0.1, -0.05) is 0 Å². The number of aliphatic hydroxyl groups is 2. The van der Waals surface area contributed by atoms with Gasteiger partial charge in [0.05, 0.1) is 25.3 Å². The molecule has 170 valence electrons. The number of carbonyl (C=O) groups excluding carboxylic acids is 4. The van der Waals surface area contributed by atoms with Crippen LogP contribution in [0.3, 0.4) is 0 Å². The first kappa shape index (κ1) is 25.3. The molecule has 8 N–H and O–H groups in total. The van der Waals surface area contributed by atoms with Gasteiger partial charge < -0.3 is 41.9 Å². The number of aliphatic hydroxyl groups excluding tert-OH is 2. The van der Waals surface area contributed by atoms with Gasteiger partial charge in [-0.2, -0.15) is 0 Å². The molecule has 1 saturated heterocycles. The number of likely N-dealkylation sites (tertiary alicyclic amines) is 1. The molecule has 0 unspecified atom stereocenters. The number of nitrogens with one attached hydrogen (secondary N) is 3. The maximum atomic E-state index is 12.5. The average Bonchev–Trinajstić information content (AvgIpc) is 3.17. The van der Waals surface area contributed by atoms with Crippen LogP contribution in [-0.2, 0) is 24.0 Å². The van der Waals surface area contributed by atoms with E-state index in [0.717, 1.165) is 4.90 Å². The van der Waals surface area contributed by atoms with Crippen molar-refractivity contribution < 1.29 is 39.3 Å². The van der Waals surface area contributed by atoms with Gasteiger partial charge in [0.25, 0.3) is 0 Å². The summed E-state index contributed by atoms with van der Waals surface area (Å²) in [7, 11) is 0. The van der Waals surface area contributed by atoms with Crippen molar-refractivity contribution >= 4 is 29.6 Å². The minimum atomic E-state index is -1.38. The van der Waals surface area contributed by atoms with Gasteiger partial charge in [0, 0.05) is 6.54 Å². The Bertz CT molecular complexity index is 669. The van der Waals surface area contributed by atoms with Gasteiger partial charge in [-0.25, -0.2) is 4.79 Å². The summed E-state index contributed by atoms with van der Waals surface area (Å²) in [6, 6.07) is -4.67. The molecule has 4 amide bonds. The van der Waals surface area contributed by atoms with Crippen molar-refractivity contribution in [2.24, 2.45) is 5.73 Å². The van der Waals surface area contributed by atoms with Gasteiger partial charge in [-0.3, -0.25) is 19.2 Å². The molecule has 5 atom stereocenters. The molecular weight excluding hydrogens is 402 g/mol. The van der Waals surface area contributed by atoms with E-state index in [1.54, 1.807) is 0 Å². The predicted octanol–water partition coefficient (Wildman–Crippen LogP) is -4.13. The van der Waals surface area contributed by atoms with Gasteiger partial charge >= 0.3 is 5.97 Å². The summed E-state index contributed by atoms with van der Waals surface area (Å²) in [6.45, 7) is 1.47. The number of nitrogens with zero attached hydrogens (tertiary/aromatic N) is 1. The second-order valence-electron chi connectivity index (χ2n) is 7.06. The number of carboxylic acid groups (broad SMARTS) is 1. The molecule has 0 aromatic heterocycles. The Morgan fingerprint density at radius 2 is 1.77 bits per heavy atom. The smallest absolute Gasteiger partial charge is 0.326 e. The molecule has 1 fully saturated rings. The Morgan fingerprint density at radius 3 is 2.27 bits per heavy atom. The minimum absolute atomic E-state index is 0.189. The Labute approximate surface area is 173 Å². The molecule has 1 aliphatic rings. The van der Waals surface area contributed by atoms with E-state index in [-0.39, 0.29) is 13.0 Å². The van der Waals surface area contributed by atoms with Crippen LogP contribution in [0.15, 0.2) is 0 Å². The fourth-order valence-corrected chi connectivity index (χ4v) is 2.89. The van der Waals surface area contributed by atoms with Crippen molar-refractivity contribution in [2.75, 3.05) is 19.7 Å². The highest BCUT2D eigenvalue weighted by Gasteiger charge is 2.37. The SMILES string of the molecule is C[C@H](N)C(=O)N[C@H](C(=O)NCC(=O)N[C@@H](CO)C(=O)N1CCC[C@H]1C(=O)O)[C@@H](C)O. The van der Waals surface area contributed by atoms with Crippen LogP contribution in [0.1, 0.15) is 26.7 Å². The Morgan fingerprint density at radius 1 is 1.13 bits per heavy atom. The number of carboxylic acids is 1. The van der Waals surface area contributed by atoms with Crippen LogP contribution in [0.5, 0.6) is 0 Å². The summed E-state index contributed by atoms with van der Waals surface area (Å²) < 4.78 is 0. The Kier molecular flexibility index (Phi) is 9.62. The van der Waals surface area contributed by atoms with Crippen LogP contribution in [0, 0.1) is 0 Å². The number of amides is 4. The molecule has 0 saturated carbocycles. The molecule has 1 heterocycles. The number of rotatable bonds is 10. The topological polar surface area (TPSA) is 211 Å². The van der Waals surface area contributed by atoms with Crippen LogP contribution in [0.2, 0.25) is 0 Å². The monoisotopic (exact) mass is 431 g/mol. The van der Waals surface area contributed by atoms with E-state index in [1.165, 1.54) is 13.8 Å². The first-order valence-corrected chi connectivity index (χ1v) is 9.44. The first-order valence-electron chi connectivity index (χ1n) is 9.44. The van der Waals surface area contributed by atoms with Crippen LogP contribution in [0.25, 0.3) is 0 Å². The van der Waals surface area contributed by atoms with Crippen molar-refractivity contribution in [1.82, 2.24) is 20.9 Å². The number of hydrogen-bond donors (Lipinski definition) is 7. The summed E-state index contributed by atoms with van der Waals surface area (Å²) in [5.74, 6) is -4.27. The fourth-order valence-electron chi connectivity index (χ4n) is 2.89. The van der Waals surface area contributed by atoms with E-state index in [1.807, 2.05) is 0 Å². The maximum absolute atomic E-state index is 12.5. The molecule has 0 aromatic rings. The Balaban J connectivity index is 2.64. The summed E-state index contributed by atoms with van der Waals surface area (Å²) >= 11 is 0. The lowest BCUT2D eigenvalue weighted by Gasteiger charge is -2.26. The van der Waals surface area contributed by atoms with Gasteiger partial charge in [-0.05, 0) is 26.7 Å². The number of carbonyl (C=O) groups is 5. The largest absolute Gasteiger partial charge is 0.480 e. The van der Waals surface area contributed by atoms with Crippen LogP contribution >= 0.6 is 0 Å². The van der Waals surface area contributed by atoms with Crippen molar-refractivity contribution in [2.45, 2.75) is 57.0 Å². The quantitative estimate of drug-likeness (QED) is 0.179. The first-order chi connectivity index (χ1) is 14.0. The third-order valence-corrected chi connectivity index (χ3v) is 4.54. The standard InChI is InChI=1S/C17H29N5O8/c1-8(18)14(26)21-13(9(2)24)15(27)19-6-12(25)20-10(7-23)16(28)22-5-3-4-11(22)17(29)30/h8-11,13,23-24H,3-7,18H2,1-2H3,(H,19,27)(H,20,25)(H,21,26)(H,29,30)/t8-,9+,10-,11-,13-/m0/s1. The van der Waals surface area contributed by atoms with Crippen molar-refractivity contribution in [3.05, 3.63) is 0 Å². The zero-order valence-electron chi connectivity index (χ0n) is 16.8. The lowest BCUT2D eigenvalue weighted by molar-refractivity contribution is -0.149. The zero-order chi connectivity index (χ0) is 23.0. The molecule has 0 aliphatic carbocycles. The van der Waals surface area contributed by atoms with E-state index in [0.29, 0.717) is 6.42 Å². The van der Waals surface area contributed by atoms with Crippen molar-refractivity contribution in [3.8, 4) is 0 Å². The molecule has 0 spiro atoms. The van der Waals surface area contributed by atoms with E-state index in [2.05, 4.69) is 16.0 Å². The number of aliphatic carboxylic acids is 1. The third kappa shape index (κ3) is 6.93. The lowest BCUT2D eigenvalue weighted by Crippen LogP contribution is -2.57. The van der Waals surface area contributed by atoms with Crippen molar-refractivity contribution in [3.63, 3.8) is 0 Å². The summed E-state index contributed by atoms with van der Waals surface area (Å²) in [5, 5.41) is 34.9. The summed E-state index contributed by atoms with van der Waals surface area (Å²) in [4.78, 5) is 60.6. The molecular formula is C17H29N5O8. The van der Waals surface area contributed by atoms with Gasteiger partial charge in [0.2, 0.25) is 23.6 Å². The number of nitrogens with two attached hydrogens (primary N) is 1. The highest BCUT2D eigenvalue weighted by atomic mass is 16.4. The summed E-state index contributed by atoms with van der Waals surface area (Å²) in [5.41, 5.74) is 5.40. The van der Waals surface area contributed by atoms with Gasteiger partial charge in [-0.15, -0.1) is 0 Å². The van der Waals surface area contributed by atoms with Crippen molar-refractivity contribution in [1.29, 1.82) is 0 Å². The zero-order valence-corrected chi connectivity index (χ0v) is 16.8. The molecule has 0 radical (unpaired) electrons.